The first-order valence-corrected chi connectivity index (χ1v) is 8.31. The van der Waals surface area contributed by atoms with Crippen LogP contribution >= 0.6 is 11.3 Å². The van der Waals surface area contributed by atoms with Crippen molar-refractivity contribution in [3.63, 3.8) is 0 Å². The van der Waals surface area contributed by atoms with Gasteiger partial charge < -0.3 is 0 Å². The number of para-hydroxylation sites is 3. The molecule has 0 amide bonds. The van der Waals surface area contributed by atoms with E-state index >= 15 is 0 Å². The normalized spacial score (nSPS) is 10.6. The van der Waals surface area contributed by atoms with Crippen molar-refractivity contribution in [2.45, 2.75) is 0 Å². The predicted molar refractivity (Wildman–Crippen MR) is 98.9 cm³/mol. The highest BCUT2D eigenvalue weighted by molar-refractivity contribution is 7.16. The van der Waals surface area contributed by atoms with Crippen LogP contribution in [0.3, 0.4) is 0 Å². The Kier molecular flexibility index (Phi) is 3.70. The summed E-state index contributed by atoms with van der Waals surface area (Å²) in [5.74, 6) is 0. The number of hydrogen-bond donors (Lipinski definition) is 0. The second kappa shape index (κ2) is 6.15. The van der Waals surface area contributed by atoms with Gasteiger partial charge in [-0.05, 0) is 30.3 Å². The van der Waals surface area contributed by atoms with Gasteiger partial charge in [-0.1, -0.05) is 48.5 Å². The van der Waals surface area contributed by atoms with Crippen LogP contribution in [-0.4, -0.2) is 9.97 Å². The molecule has 0 fully saturated rings. The predicted octanol–water partition coefficient (Wildman–Crippen LogP) is 5.68. The minimum absolute atomic E-state index is 1.06. The standard InChI is InChI=1S/C13H9N.C7H5NS/c1-3-7-12-10(5-1)9-11-6-2-4-8-13(11)14-12;1-2-4-7-6(3-1)8-5-9-7/h1-9H;1-5H. The monoisotopic (exact) mass is 314 g/mol. The third-order valence-corrected chi connectivity index (χ3v) is 4.47. The fraction of sp³-hybridized carbons (Fsp3) is 0. The lowest BCUT2D eigenvalue weighted by molar-refractivity contribution is 1.50. The SMILES string of the molecule is c1ccc2nc3ccccc3cc2c1.c1ccc2scnc2c1. The van der Waals surface area contributed by atoms with Gasteiger partial charge >= 0.3 is 0 Å². The molecule has 0 N–H and O–H groups in total. The molecule has 0 aliphatic heterocycles. The van der Waals surface area contributed by atoms with Gasteiger partial charge in [0.25, 0.3) is 0 Å². The average molecular weight is 314 g/mol. The van der Waals surface area contributed by atoms with Crippen LogP contribution in [0.2, 0.25) is 0 Å². The van der Waals surface area contributed by atoms with Crippen molar-refractivity contribution in [1.29, 1.82) is 0 Å². The van der Waals surface area contributed by atoms with Crippen molar-refractivity contribution < 1.29 is 0 Å². The van der Waals surface area contributed by atoms with E-state index in [4.69, 9.17) is 0 Å². The molecule has 2 heterocycles. The molecule has 0 bridgehead atoms. The first kappa shape index (κ1) is 13.9. The van der Waals surface area contributed by atoms with Crippen molar-refractivity contribution in [3.8, 4) is 0 Å². The molecule has 0 aliphatic carbocycles. The number of benzene rings is 3. The molecule has 3 aromatic carbocycles. The number of nitrogens with zero attached hydrogens (tertiary/aromatic N) is 2. The fourth-order valence-electron chi connectivity index (χ4n) is 2.52. The molecule has 0 radical (unpaired) electrons. The van der Waals surface area contributed by atoms with Crippen molar-refractivity contribution >= 4 is 43.4 Å². The molecule has 110 valence electrons. The summed E-state index contributed by atoms with van der Waals surface area (Å²) in [6, 6.07) is 26.7. The highest BCUT2D eigenvalue weighted by Crippen LogP contribution is 2.18. The molecular formula is C20H14N2S. The van der Waals surface area contributed by atoms with E-state index in [1.165, 1.54) is 15.5 Å². The first-order valence-electron chi connectivity index (χ1n) is 7.43. The van der Waals surface area contributed by atoms with Crippen LogP contribution < -0.4 is 0 Å². The number of fused-ring (bicyclic) bond motifs is 3. The maximum absolute atomic E-state index is 4.58. The molecule has 2 aromatic heterocycles. The van der Waals surface area contributed by atoms with Crippen molar-refractivity contribution in [1.82, 2.24) is 9.97 Å². The lowest BCUT2D eigenvalue weighted by atomic mass is 10.1. The summed E-state index contributed by atoms with van der Waals surface area (Å²) in [5.41, 5.74) is 5.09. The quantitative estimate of drug-likeness (QED) is 0.343. The Labute approximate surface area is 138 Å². The van der Waals surface area contributed by atoms with E-state index in [2.05, 4.69) is 34.2 Å². The van der Waals surface area contributed by atoms with Crippen LogP contribution in [0.4, 0.5) is 0 Å². The van der Waals surface area contributed by atoms with E-state index in [1.807, 2.05) is 60.1 Å². The Bertz CT molecular complexity index is 947. The van der Waals surface area contributed by atoms with Crippen molar-refractivity contribution in [3.05, 3.63) is 84.4 Å². The van der Waals surface area contributed by atoms with Gasteiger partial charge in [-0.25, -0.2) is 9.97 Å². The van der Waals surface area contributed by atoms with Crippen LogP contribution in [0.1, 0.15) is 0 Å². The molecule has 23 heavy (non-hydrogen) atoms. The maximum Gasteiger partial charge on any atom is 0.0812 e. The molecule has 5 aromatic rings. The zero-order valence-electron chi connectivity index (χ0n) is 12.4. The van der Waals surface area contributed by atoms with Gasteiger partial charge in [0.05, 0.1) is 26.8 Å². The lowest BCUT2D eigenvalue weighted by Gasteiger charge is -1.99. The Hall–Kier alpha value is -2.78. The summed E-state index contributed by atoms with van der Waals surface area (Å²) in [4.78, 5) is 8.71. The van der Waals surface area contributed by atoms with Gasteiger partial charge in [0.15, 0.2) is 0 Å². The summed E-state index contributed by atoms with van der Waals surface area (Å²) < 4.78 is 1.26. The number of pyridine rings is 1. The van der Waals surface area contributed by atoms with Gasteiger partial charge in [-0.3, -0.25) is 0 Å². The zero-order valence-corrected chi connectivity index (χ0v) is 13.2. The molecule has 0 aliphatic rings. The number of rotatable bonds is 0. The largest absolute Gasteiger partial charge is 0.248 e. The molecule has 2 nitrogen and oxygen atoms in total. The minimum atomic E-state index is 1.06. The molecule has 0 saturated carbocycles. The third-order valence-electron chi connectivity index (χ3n) is 3.66. The molecule has 0 saturated heterocycles. The van der Waals surface area contributed by atoms with Crippen LogP contribution in [0, 0.1) is 0 Å². The van der Waals surface area contributed by atoms with E-state index in [0.717, 1.165) is 16.6 Å². The molecule has 0 unspecified atom stereocenters. The second-order valence-electron chi connectivity index (χ2n) is 5.19. The minimum Gasteiger partial charge on any atom is -0.248 e. The van der Waals surface area contributed by atoms with Crippen LogP contribution in [0.15, 0.2) is 84.4 Å². The van der Waals surface area contributed by atoms with E-state index in [9.17, 15) is 0 Å². The van der Waals surface area contributed by atoms with Gasteiger partial charge in [-0.15, -0.1) is 11.3 Å². The Morgan fingerprint density at radius 3 is 1.83 bits per heavy atom. The van der Waals surface area contributed by atoms with Gasteiger partial charge in [0.2, 0.25) is 0 Å². The van der Waals surface area contributed by atoms with Crippen molar-refractivity contribution in [2.75, 3.05) is 0 Å². The Morgan fingerprint density at radius 1 is 0.609 bits per heavy atom. The summed E-state index contributed by atoms with van der Waals surface area (Å²) in [7, 11) is 0. The number of thiazole rings is 1. The zero-order chi connectivity index (χ0) is 15.5. The first-order chi connectivity index (χ1) is 11.4. The van der Waals surface area contributed by atoms with E-state index in [0.29, 0.717) is 0 Å². The maximum atomic E-state index is 4.58. The Balaban J connectivity index is 0.000000130. The summed E-state index contributed by atoms with van der Waals surface area (Å²) in [6.45, 7) is 0. The molecule has 0 atom stereocenters. The molecule has 0 spiro atoms. The second-order valence-corrected chi connectivity index (χ2v) is 6.08. The summed E-state index contributed by atoms with van der Waals surface area (Å²) >= 11 is 1.68. The van der Waals surface area contributed by atoms with Crippen LogP contribution in [0.5, 0.6) is 0 Å². The third kappa shape index (κ3) is 2.91. The van der Waals surface area contributed by atoms with Gasteiger partial charge in [0, 0.05) is 10.8 Å². The smallest absolute Gasteiger partial charge is 0.0812 e. The van der Waals surface area contributed by atoms with Gasteiger partial charge in [0.1, 0.15) is 0 Å². The number of aromatic nitrogens is 2. The van der Waals surface area contributed by atoms with E-state index in [1.54, 1.807) is 11.3 Å². The average Bonchev–Trinajstić information content (AvgIpc) is 3.09. The highest BCUT2D eigenvalue weighted by Gasteiger charge is 1.96. The molecule has 5 rings (SSSR count). The Morgan fingerprint density at radius 2 is 1.17 bits per heavy atom. The fourth-order valence-corrected chi connectivity index (χ4v) is 3.20. The van der Waals surface area contributed by atoms with Crippen LogP contribution in [-0.2, 0) is 0 Å². The highest BCUT2D eigenvalue weighted by atomic mass is 32.1. The topological polar surface area (TPSA) is 25.8 Å². The van der Waals surface area contributed by atoms with E-state index < -0.39 is 0 Å². The lowest BCUT2D eigenvalue weighted by Crippen LogP contribution is -1.80. The van der Waals surface area contributed by atoms with Gasteiger partial charge in [-0.2, -0.15) is 0 Å². The summed E-state index contributed by atoms with van der Waals surface area (Å²) in [6.07, 6.45) is 0. The summed E-state index contributed by atoms with van der Waals surface area (Å²) in [5, 5.41) is 2.40. The van der Waals surface area contributed by atoms with Crippen molar-refractivity contribution in [2.24, 2.45) is 0 Å². The van der Waals surface area contributed by atoms with Crippen LogP contribution in [0.25, 0.3) is 32.0 Å². The number of hydrogen-bond acceptors (Lipinski definition) is 3. The molecular weight excluding hydrogens is 300 g/mol. The van der Waals surface area contributed by atoms with E-state index in [-0.39, 0.29) is 0 Å². The molecule has 3 heteroatoms.